The van der Waals surface area contributed by atoms with Crippen molar-refractivity contribution in [2.75, 3.05) is 0 Å². The van der Waals surface area contributed by atoms with Crippen molar-refractivity contribution in [3.8, 4) is 0 Å². The second-order valence-corrected chi connectivity index (χ2v) is 1.02. The van der Waals surface area contributed by atoms with Gasteiger partial charge in [0.1, 0.15) is 0 Å². The molecule has 0 rings (SSSR count). The molecule has 0 atom stereocenters. The molecule has 0 N–H and O–H groups in total. The van der Waals surface area contributed by atoms with Crippen molar-refractivity contribution in [3.63, 3.8) is 0 Å². The van der Waals surface area contributed by atoms with Gasteiger partial charge in [-0.3, -0.25) is 0 Å². The predicted octanol–water partition coefficient (Wildman–Crippen LogP) is 0.401. The van der Waals surface area contributed by atoms with Crippen LogP contribution in [0.25, 0.3) is 0 Å². The van der Waals surface area contributed by atoms with Crippen molar-refractivity contribution in [2.45, 2.75) is 13.3 Å². The standard InChI is InChI=1S/C3H6O2.Fe/c1-2-3(4)5;/h2H2,1H3,(H,4,5);/q;+1/p-1. The topological polar surface area (TPSA) is 26.3 Å². The Morgan fingerprint density at radius 2 is 2.50 bits per heavy atom. The Bertz CT molecular complexity index is 46.8. The molecule has 0 spiro atoms. The van der Waals surface area contributed by atoms with E-state index in [-0.39, 0.29) is 5.97 Å². The van der Waals surface area contributed by atoms with Crippen molar-refractivity contribution >= 4 is 5.97 Å². The van der Waals surface area contributed by atoms with Crippen LogP contribution in [0.1, 0.15) is 13.3 Å². The van der Waals surface area contributed by atoms with Crippen molar-refractivity contribution in [3.05, 3.63) is 0 Å². The Labute approximate surface area is 45.0 Å². The molecule has 0 aliphatic carbocycles. The maximum absolute atomic E-state index is 9.90. The molecule has 3 heteroatoms. The Kier molecular flexibility index (Phi) is 3.18. The van der Waals surface area contributed by atoms with Gasteiger partial charge in [0.25, 0.3) is 0 Å². The summed E-state index contributed by atoms with van der Waals surface area (Å²) in [5.74, 6) is -0.269. The monoisotopic (exact) mass is 129 g/mol. The number of hydrogen-bond acceptors (Lipinski definition) is 2. The Morgan fingerprint density at radius 1 is 2.00 bits per heavy atom. The number of carbonyl (C=O) groups excluding carboxylic acids is 1. The molecule has 0 aromatic rings. The molecule has 0 radical (unpaired) electrons. The molecule has 0 bridgehead atoms. The number of hydrogen-bond donors (Lipinski definition) is 0. The van der Waals surface area contributed by atoms with Crippen LogP contribution in [0.2, 0.25) is 0 Å². The first-order valence-electron chi connectivity index (χ1n) is 1.61. The van der Waals surface area contributed by atoms with Crippen LogP contribution in [0.3, 0.4) is 0 Å². The minimum absolute atomic E-state index is 0.269. The van der Waals surface area contributed by atoms with Crippen molar-refractivity contribution < 1.29 is 25.0 Å². The average molecular weight is 129 g/mol. The van der Waals surface area contributed by atoms with E-state index < -0.39 is 0 Å². The van der Waals surface area contributed by atoms with Gasteiger partial charge in [-0.15, -0.1) is 0 Å². The fraction of sp³-hybridized carbons (Fsp3) is 0.667. The van der Waals surface area contributed by atoms with Gasteiger partial charge in [-0.2, -0.15) is 0 Å². The van der Waals surface area contributed by atoms with Crippen LogP contribution in [-0.4, -0.2) is 5.97 Å². The van der Waals surface area contributed by atoms with Gasteiger partial charge in [-0.1, -0.05) is 0 Å². The first-order chi connectivity index (χ1) is 2.81. The molecule has 2 nitrogen and oxygen atoms in total. The summed E-state index contributed by atoms with van der Waals surface area (Å²) in [7, 11) is 0. The van der Waals surface area contributed by atoms with Crippen LogP contribution in [0.5, 0.6) is 0 Å². The predicted molar refractivity (Wildman–Crippen MR) is 16.4 cm³/mol. The summed E-state index contributed by atoms with van der Waals surface area (Å²) in [6, 6.07) is 0. The molecule has 0 saturated heterocycles. The second kappa shape index (κ2) is 3.19. The molecule has 0 fully saturated rings. The summed E-state index contributed by atoms with van der Waals surface area (Å²) in [6.45, 7) is 1.72. The Hall–Kier alpha value is -0.0105. The van der Waals surface area contributed by atoms with E-state index in [0.717, 1.165) is 0 Å². The molecule has 0 heterocycles. The maximum atomic E-state index is 9.90. The van der Waals surface area contributed by atoms with Crippen LogP contribution in [-0.2, 0) is 25.0 Å². The van der Waals surface area contributed by atoms with Crippen LogP contribution >= 0.6 is 0 Å². The van der Waals surface area contributed by atoms with Gasteiger partial charge in [0, 0.05) is 0 Å². The summed E-state index contributed by atoms with van der Waals surface area (Å²) in [5.41, 5.74) is 0. The molecule has 0 unspecified atom stereocenters. The third kappa shape index (κ3) is 2.24. The van der Waals surface area contributed by atoms with E-state index in [1.54, 1.807) is 6.92 Å². The average Bonchev–Trinajstić information content (AvgIpc) is 1.65. The summed E-state index contributed by atoms with van der Waals surface area (Å²) in [4.78, 5) is 9.90. The van der Waals surface area contributed by atoms with Gasteiger partial charge < -0.3 is 0 Å². The molecule has 6 heavy (non-hydrogen) atoms. The minimum atomic E-state index is -0.269. The molecule has 0 aliphatic rings. The Balaban J connectivity index is 2.99. The molecule has 0 aromatic heterocycles. The van der Waals surface area contributed by atoms with Crippen LogP contribution in [0.15, 0.2) is 0 Å². The summed E-state index contributed by atoms with van der Waals surface area (Å²) < 4.78 is 4.01. The summed E-state index contributed by atoms with van der Waals surface area (Å²) in [6.07, 6.45) is 0.406. The molecule has 0 aromatic carbocycles. The van der Waals surface area contributed by atoms with E-state index in [1.165, 1.54) is 0 Å². The Morgan fingerprint density at radius 3 is 2.50 bits per heavy atom. The molecule has 0 aliphatic heterocycles. The normalized spacial score (nSPS) is 7.67. The van der Waals surface area contributed by atoms with E-state index in [4.69, 9.17) is 0 Å². The molecule has 0 amide bonds. The molecule has 37 valence electrons. The zero-order valence-corrected chi connectivity index (χ0v) is 4.48. The van der Waals surface area contributed by atoms with Crippen LogP contribution in [0, 0.1) is 0 Å². The van der Waals surface area contributed by atoms with Gasteiger partial charge in [0.2, 0.25) is 0 Å². The van der Waals surface area contributed by atoms with Gasteiger partial charge in [0.05, 0.1) is 0 Å². The summed E-state index contributed by atoms with van der Waals surface area (Å²) >= 11 is 2.91. The van der Waals surface area contributed by atoms with Crippen molar-refractivity contribution in [2.24, 2.45) is 0 Å². The molecular formula is C3H5FeO2. The summed E-state index contributed by atoms with van der Waals surface area (Å²) in [5, 5.41) is 0. The third-order valence-corrected chi connectivity index (χ3v) is 0.621. The van der Waals surface area contributed by atoms with Gasteiger partial charge in [-0.05, 0) is 0 Å². The van der Waals surface area contributed by atoms with Crippen molar-refractivity contribution in [1.29, 1.82) is 0 Å². The SMILES string of the molecule is CCC(=O)[O][Fe]. The van der Waals surface area contributed by atoms with Crippen LogP contribution < -0.4 is 0 Å². The first-order valence-corrected chi connectivity index (χ1v) is 2.06. The number of rotatable bonds is 1. The zero-order chi connectivity index (χ0) is 4.99. The first kappa shape index (κ1) is 5.99. The van der Waals surface area contributed by atoms with E-state index in [1.807, 2.05) is 0 Å². The van der Waals surface area contributed by atoms with Crippen molar-refractivity contribution in [1.82, 2.24) is 0 Å². The fourth-order valence-electron chi connectivity index (χ4n) is 0.0510. The molecular weight excluding hydrogens is 124 g/mol. The quantitative estimate of drug-likeness (QED) is 0.479. The second-order valence-electron chi connectivity index (χ2n) is 0.798. The van der Waals surface area contributed by atoms with Gasteiger partial charge >= 0.3 is 44.3 Å². The van der Waals surface area contributed by atoms with E-state index in [0.29, 0.717) is 6.42 Å². The molecule has 0 saturated carbocycles. The zero-order valence-electron chi connectivity index (χ0n) is 3.38. The third-order valence-electron chi connectivity index (χ3n) is 0.369. The fourth-order valence-corrected chi connectivity index (χ4v) is 0.210. The number of carbonyl (C=O) groups is 1. The van der Waals surface area contributed by atoms with E-state index in [9.17, 15) is 4.79 Å². The van der Waals surface area contributed by atoms with E-state index in [2.05, 4.69) is 20.2 Å². The van der Waals surface area contributed by atoms with Gasteiger partial charge in [-0.25, -0.2) is 0 Å². The van der Waals surface area contributed by atoms with Crippen LogP contribution in [0.4, 0.5) is 0 Å². The van der Waals surface area contributed by atoms with Gasteiger partial charge in [0.15, 0.2) is 0 Å². The van der Waals surface area contributed by atoms with E-state index >= 15 is 0 Å².